The first-order chi connectivity index (χ1) is 7.09. The van der Waals surface area contributed by atoms with E-state index >= 15 is 0 Å². The molecule has 0 saturated carbocycles. The Morgan fingerprint density at radius 1 is 1.53 bits per heavy atom. The number of allylic oxidation sites excluding steroid dienone is 2. The fraction of sp³-hybridized carbons (Fsp3) is 0.125. The van der Waals surface area contributed by atoms with Crippen molar-refractivity contribution in [3.63, 3.8) is 0 Å². The molecular formula is C8H6BrN3O3. The monoisotopic (exact) mass is 271 g/mol. The Bertz CT molecular complexity index is 438. The summed E-state index contributed by atoms with van der Waals surface area (Å²) in [5.41, 5.74) is -0.394. The van der Waals surface area contributed by atoms with Crippen molar-refractivity contribution in [1.82, 2.24) is 4.90 Å². The zero-order valence-corrected chi connectivity index (χ0v) is 8.92. The predicted molar refractivity (Wildman–Crippen MR) is 56.5 cm³/mol. The summed E-state index contributed by atoms with van der Waals surface area (Å²) in [5.74, 6) is -0.894. The smallest absolute Gasteiger partial charge is 0.356 e. The van der Waals surface area contributed by atoms with Crippen molar-refractivity contribution >= 4 is 33.4 Å². The number of carbonyl (C=O) groups is 1. The molecule has 0 aromatic rings. The number of halogens is 1. The van der Waals surface area contributed by atoms with Gasteiger partial charge in [-0.25, -0.2) is 4.79 Å². The first-order valence-electron chi connectivity index (χ1n) is 4.00. The lowest BCUT2D eigenvalue weighted by atomic mass is 10.2. The van der Waals surface area contributed by atoms with Gasteiger partial charge in [-0.05, 0) is 12.2 Å². The van der Waals surface area contributed by atoms with E-state index in [1.807, 2.05) is 0 Å². The molecule has 0 aromatic carbocycles. The van der Waals surface area contributed by atoms with E-state index in [4.69, 9.17) is 5.11 Å². The standard InChI is InChI=1S/C8H6BrN3O3/c9-4-1-2-12-5(3-4)10-11-6(7(12)13)8(14)15/h1-3,7,13H,(H,14,15)/t7-/m0/s1. The third-order valence-corrected chi connectivity index (χ3v) is 2.41. The quantitative estimate of drug-likeness (QED) is 0.717. The molecule has 78 valence electrons. The SMILES string of the molecule is O=C(O)C1=NN=C2C=C(Br)C=CN2[C@H]1O. The van der Waals surface area contributed by atoms with Crippen LogP contribution in [0.4, 0.5) is 0 Å². The van der Waals surface area contributed by atoms with Crippen LogP contribution in [0.15, 0.2) is 33.0 Å². The molecular weight excluding hydrogens is 266 g/mol. The van der Waals surface area contributed by atoms with Crippen molar-refractivity contribution in [1.29, 1.82) is 0 Å². The van der Waals surface area contributed by atoms with Gasteiger partial charge >= 0.3 is 5.97 Å². The van der Waals surface area contributed by atoms with E-state index in [1.165, 1.54) is 11.1 Å². The summed E-state index contributed by atoms with van der Waals surface area (Å²) in [7, 11) is 0. The van der Waals surface area contributed by atoms with Gasteiger partial charge in [-0.3, -0.25) is 4.90 Å². The molecule has 2 heterocycles. The van der Waals surface area contributed by atoms with Gasteiger partial charge in [0.2, 0.25) is 0 Å². The summed E-state index contributed by atoms with van der Waals surface area (Å²) in [6.45, 7) is 0. The Morgan fingerprint density at radius 3 is 2.93 bits per heavy atom. The van der Waals surface area contributed by atoms with Crippen LogP contribution in [0.5, 0.6) is 0 Å². The van der Waals surface area contributed by atoms with E-state index < -0.39 is 17.9 Å². The molecule has 0 aliphatic carbocycles. The number of hydrogen-bond donors (Lipinski definition) is 2. The summed E-state index contributed by atoms with van der Waals surface area (Å²) in [5, 5.41) is 25.5. The molecule has 7 heteroatoms. The van der Waals surface area contributed by atoms with Gasteiger partial charge in [-0.2, -0.15) is 0 Å². The molecule has 0 unspecified atom stereocenters. The van der Waals surface area contributed by atoms with E-state index in [0.29, 0.717) is 5.84 Å². The second-order valence-electron chi connectivity index (χ2n) is 2.87. The van der Waals surface area contributed by atoms with Crippen molar-refractivity contribution in [2.24, 2.45) is 10.2 Å². The highest BCUT2D eigenvalue weighted by Gasteiger charge is 2.31. The van der Waals surface area contributed by atoms with Crippen LogP contribution in [-0.2, 0) is 4.79 Å². The largest absolute Gasteiger partial charge is 0.477 e. The van der Waals surface area contributed by atoms with Crippen molar-refractivity contribution in [2.75, 3.05) is 0 Å². The molecule has 0 saturated heterocycles. The second-order valence-corrected chi connectivity index (χ2v) is 3.79. The lowest BCUT2D eigenvalue weighted by Gasteiger charge is -2.29. The molecule has 2 aliphatic rings. The molecule has 15 heavy (non-hydrogen) atoms. The number of carboxylic acids is 1. The van der Waals surface area contributed by atoms with E-state index in [2.05, 4.69) is 26.1 Å². The Balaban J connectivity index is 2.40. The topological polar surface area (TPSA) is 85.5 Å². The Labute approximate surface area is 93.0 Å². The first-order valence-corrected chi connectivity index (χ1v) is 4.79. The van der Waals surface area contributed by atoms with Gasteiger partial charge in [0, 0.05) is 10.7 Å². The van der Waals surface area contributed by atoms with Crippen molar-refractivity contribution in [3.05, 3.63) is 22.8 Å². The van der Waals surface area contributed by atoms with E-state index in [-0.39, 0.29) is 0 Å². The van der Waals surface area contributed by atoms with Gasteiger partial charge in [0.05, 0.1) is 0 Å². The van der Waals surface area contributed by atoms with Crippen LogP contribution in [0.25, 0.3) is 0 Å². The normalized spacial score (nSPS) is 24.0. The number of carboxylic acid groups (broad SMARTS) is 1. The van der Waals surface area contributed by atoms with E-state index in [9.17, 15) is 9.90 Å². The zero-order chi connectivity index (χ0) is 11.0. The molecule has 0 bridgehead atoms. The van der Waals surface area contributed by atoms with Crippen molar-refractivity contribution in [3.8, 4) is 0 Å². The number of aliphatic carboxylic acids is 1. The lowest BCUT2D eigenvalue weighted by Crippen LogP contribution is -2.46. The zero-order valence-electron chi connectivity index (χ0n) is 7.33. The number of hydrogen-bond acceptors (Lipinski definition) is 5. The Kier molecular flexibility index (Phi) is 2.41. The highest BCUT2D eigenvalue weighted by Crippen LogP contribution is 2.19. The number of amidine groups is 1. The molecule has 0 aromatic heterocycles. The number of rotatable bonds is 1. The van der Waals surface area contributed by atoms with Gasteiger partial charge in [0.1, 0.15) is 0 Å². The molecule has 0 spiro atoms. The van der Waals surface area contributed by atoms with Gasteiger partial charge in [0.15, 0.2) is 17.8 Å². The Hall–Kier alpha value is -1.47. The molecule has 1 atom stereocenters. The molecule has 2 rings (SSSR count). The summed E-state index contributed by atoms with van der Waals surface area (Å²) >= 11 is 3.23. The maximum atomic E-state index is 10.7. The van der Waals surface area contributed by atoms with E-state index in [0.717, 1.165) is 4.48 Å². The highest BCUT2D eigenvalue weighted by atomic mass is 79.9. The highest BCUT2D eigenvalue weighted by molar-refractivity contribution is 9.11. The van der Waals surface area contributed by atoms with E-state index in [1.54, 1.807) is 12.2 Å². The van der Waals surface area contributed by atoms with Crippen LogP contribution in [-0.4, -0.2) is 38.9 Å². The fourth-order valence-electron chi connectivity index (χ4n) is 1.20. The molecule has 2 aliphatic heterocycles. The van der Waals surface area contributed by atoms with Gasteiger partial charge < -0.3 is 10.2 Å². The minimum Gasteiger partial charge on any atom is -0.477 e. The summed E-state index contributed by atoms with van der Waals surface area (Å²) in [6, 6.07) is 0. The predicted octanol–water partition coefficient (Wildman–Crippen LogP) is 0.266. The molecule has 6 nitrogen and oxygen atoms in total. The van der Waals surface area contributed by atoms with Gasteiger partial charge in [-0.1, -0.05) is 15.9 Å². The average Bonchev–Trinajstić information content (AvgIpc) is 2.17. The summed E-state index contributed by atoms with van der Waals surface area (Å²) in [4.78, 5) is 12.0. The molecule has 0 fully saturated rings. The van der Waals surface area contributed by atoms with Crippen LogP contribution >= 0.6 is 15.9 Å². The summed E-state index contributed by atoms with van der Waals surface area (Å²) < 4.78 is 0.777. The number of fused-ring (bicyclic) bond motifs is 1. The number of aliphatic hydroxyl groups excluding tert-OH is 1. The van der Waals surface area contributed by atoms with Gasteiger partial charge in [0.25, 0.3) is 0 Å². The number of aliphatic hydroxyl groups is 1. The molecule has 2 N–H and O–H groups in total. The first kappa shape index (κ1) is 10.1. The minimum absolute atomic E-state index is 0.391. The molecule has 0 radical (unpaired) electrons. The Morgan fingerprint density at radius 2 is 2.27 bits per heavy atom. The number of nitrogens with zero attached hydrogens (tertiary/aromatic N) is 3. The van der Waals surface area contributed by atoms with Crippen molar-refractivity contribution in [2.45, 2.75) is 6.23 Å². The minimum atomic E-state index is -1.30. The second kappa shape index (κ2) is 3.59. The van der Waals surface area contributed by atoms with Crippen LogP contribution in [0, 0.1) is 0 Å². The fourth-order valence-corrected chi connectivity index (χ4v) is 1.53. The van der Waals surface area contributed by atoms with Crippen LogP contribution in [0.1, 0.15) is 0 Å². The molecule has 0 amide bonds. The van der Waals surface area contributed by atoms with Crippen LogP contribution in [0.3, 0.4) is 0 Å². The summed E-state index contributed by atoms with van der Waals surface area (Å²) in [6.07, 6.45) is 3.53. The van der Waals surface area contributed by atoms with Crippen LogP contribution in [0.2, 0.25) is 0 Å². The third kappa shape index (κ3) is 1.71. The van der Waals surface area contributed by atoms with Crippen LogP contribution < -0.4 is 0 Å². The maximum Gasteiger partial charge on any atom is 0.356 e. The third-order valence-electron chi connectivity index (χ3n) is 1.91. The van der Waals surface area contributed by atoms with Gasteiger partial charge in [-0.15, -0.1) is 10.2 Å². The average molecular weight is 272 g/mol. The maximum absolute atomic E-state index is 10.7. The lowest BCUT2D eigenvalue weighted by molar-refractivity contribution is -0.130. The van der Waals surface area contributed by atoms with Crippen molar-refractivity contribution < 1.29 is 15.0 Å².